The molecule has 8 aromatic carbocycles. The van der Waals surface area contributed by atoms with E-state index in [1.54, 1.807) is 0 Å². The van der Waals surface area contributed by atoms with Crippen LogP contribution in [0.3, 0.4) is 0 Å². The van der Waals surface area contributed by atoms with Gasteiger partial charge in [-0.05, 0) is 89.0 Å². The number of rotatable bonds is 7. The van der Waals surface area contributed by atoms with Crippen molar-refractivity contribution >= 4 is 0 Å². The molecule has 0 aliphatic carbocycles. The Hall–Kier alpha value is -9.80. The van der Waals surface area contributed by atoms with Gasteiger partial charge in [0.25, 0.3) is 0 Å². The fourth-order valence-corrected chi connectivity index (χ4v) is 11.8. The molecule has 21 heteroatoms. The van der Waals surface area contributed by atoms with E-state index in [1.807, 2.05) is 0 Å². The third kappa shape index (κ3) is 8.48. The van der Waals surface area contributed by atoms with Crippen molar-refractivity contribution in [2.75, 3.05) is 0 Å². The smallest absolute Gasteiger partial charge is 0.157 e. The zero-order chi connectivity index (χ0) is 57.2. The molecule has 11 unspecified atom stereocenters. The van der Waals surface area contributed by atoms with Crippen molar-refractivity contribution in [1.82, 2.24) is 0 Å². The summed E-state index contributed by atoms with van der Waals surface area (Å²) in [6.45, 7) is 0. The van der Waals surface area contributed by atoms with Gasteiger partial charge in [-0.3, -0.25) is 0 Å². The van der Waals surface area contributed by atoms with Gasteiger partial charge >= 0.3 is 0 Å². The molecule has 17 N–H and O–H groups in total. The van der Waals surface area contributed by atoms with E-state index >= 15 is 0 Å². The molecule has 416 valence electrons. The topological polar surface area (TPSA) is 381 Å². The number of aromatic hydroxyl groups is 13. The van der Waals surface area contributed by atoms with Gasteiger partial charge in [0, 0.05) is 81.3 Å². The first-order chi connectivity index (χ1) is 38.7. The van der Waals surface area contributed by atoms with E-state index in [9.17, 15) is 86.8 Å². The standard InChI is InChI=1S/C60H50O21/c61-26-5-7-28-43(17-26)78-57(23-2-10-34(64)39(69)14-23)53(75)46(28)30-19-31-45(21-37(30)67)80-59(25-4-12-36(66)41(71)16-25)55(77)48(31)49-51(73)32-20-42(72)56(22-1-9-33(63)38(68)13-22)81-60(32)50(52(49)74)47-29-8-6-27(62)18-44(29)79-58(54(47)76)24-3-11-35(65)40(70)15-24/h1-19,21,42,46-48,53-59,61-77H,20H2. The Balaban J connectivity index is 1.12. The zero-order valence-corrected chi connectivity index (χ0v) is 41.8. The van der Waals surface area contributed by atoms with E-state index in [4.69, 9.17) is 18.9 Å². The maximum absolute atomic E-state index is 13.5. The Kier molecular flexibility index (Phi) is 12.3. The second-order valence-corrected chi connectivity index (χ2v) is 20.5. The van der Waals surface area contributed by atoms with Crippen molar-refractivity contribution in [2.45, 2.75) is 73.0 Å². The normalized spacial score (nSPS) is 24.4. The van der Waals surface area contributed by atoms with Crippen LogP contribution in [0, 0.1) is 0 Å². The van der Waals surface area contributed by atoms with Crippen LogP contribution in [0.1, 0.15) is 103 Å². The van der Waals surface area contributed by atoms with Crippen LogP contribution in [-0.4, -0.2) is 111 Å². The Labute approximate surface area is 457 Å². The quantitative estimate of drug-likeness (QED) is 0.0731. The molecule has 0 aromatic heterocycles. The van der Waals surface area contributed by atoms with Crippen LogP contribution < -0.4 is 18.9 Å². The van der Waals surface area contributed by atoms with Crippen molar-refractivity contribution in [3.63, 3.8) is 0 Å². The van der Waals surface area contributed by atoms with Crippen molar-refractivity contribution in [3.05, 3.63) is 183 Å². The van der Waals surface area contributed by atoms with Crippen LogP contribution in [0.25, 0.3) is 0 Å². The van der Waals surface area contributed by atoms with Gasteiger partial charge in [-0.25, -0.2) is 0 Å². The minimum Gasteiger partial charge on any atom is -0.508 e. The molecule has 8 aromatic rings. The third-order valence-electron chi connectivity index (χ3n) is 15.7. The maximum Gasteiger partial charge on any atom is 0.157 e. The molecule has 0 fully saturated rings. The summed E-state index contributed by atoms with van der Waals surface area (Å²) >= 11 is 0. The molecule has 21 nitrogen and oxygen atoms in total. The van der Waals surface area contributed by atoms with E-state index in [1.165, 1.54) is 72.8 Å². The summed E-state index contributed by atoms with van der Waals surface area (Å²) in [5, 5.41) is 194. The van der Waals surface area contributed by atoms with Crippen LogP contribution in [0.5, 0.6) is 97.7 Å². The first kappa shape index (κ1) is 51.9. The molecule has 12 rings (SSSR count). The summed E-state index contributed by atoms with van der Waals surface area (Å²) in [6.07, 6.45) is -13.3. The summed E-state index contributed by atoms with van der Waals surface area (Å²) in [7, 11) is 0. The van der Waals surface area contributed by atoms with E-state index in [0.717, 1.165) is 48.5 Å². The van der Waals surface area contributed by atoms with Crippen LogP contribution in [0.4, 0.5) is 0 Å². The number of benzene rings is 8. The van der Waals surface area contributed by atoms with Crippen molar-refractivity contribution < 1.29 is 106 Å². The van der Waals surface area contributed by atoms with Crippen molar-refractivity contribution in [3.8, 4) is 97.7 Å². The molecular formula is C60H50O21. The second kappa shape index (κ2) is 19.2. The summed E-state index contributed by atoms with van der Waals surface area (Å²) in [6, 6.07) is 24.9. The van der Waals surface area contributed by atoms with Gasteiger partial charge in [-0.2, -0.15) is 0 Å². The Morgan fingerprint density at radius 3 is 1.15 bits per heavy atom. The lowest BCUT2D eigenvalue weighted by atomic mass is 9.72. The third-order valence-corrected chi connectivity index (χ3v) is 15.7. The number of aliphatic hydroxyl groups is 4. The molecule has 0 spiro atoms. The minimum absolute atomic E-state index is 0.0264. The van der Waals surface area contributed by atoms with Gasteiger partial charge in [-0.1, -0.05) is 36.4 Å². The van der Waals surface area contributed by atoms with Gasteiger partial charge in [-0.15, -0.1) is 0 Å². The SMILES string of the molecule is Oc1ccc2c(c1)OC(c1ccc(O)c(O)c1)C(O)C2c1cc2c(cc1O)OC(c1ccc(O)c(O)c1)C(O)C2c1c(O)c2c(c(C3c4ccc(O)cc4OC(c4ccc(O)c(O)c4)C3O)c1O)OC(c1ccc(O)c(O)c1)C(O)C2. The molecule has 0 bridgehead atoms. The Morgan fingerprint density at radius 1 is 0.309 bits per heavy atom. The lowest BCUT2D eigenvalue weighted by Gasteiger charge is -2.43. The van der Waals surface area contributed by atoms with E-state index in [-0.39, 0.29) is 90.1 Å². The van der Waals surface area contributed by atoms with Crippen LogP contribution in [-0.2, 0) is 6.42 Å². The van der Waals surface area contributed by atoms with Crippen molar-refractivity contribution in [2.24, 2.45) is 0 Å². The first-order valence-corrected chi connectivity index (χ1v) is 25.3. The first-order valence-electron chi connectivity index (χ1n) is 25.3. The number of hydrogen-bond acceptors (Lipinski definition) is 21. The summed E-state index contributed by atoms with van der Waals surface area (Å²) in [5.74, 6) is -12.2. The average Bonchev–Trinajstić information content (AvgIpc) is 3.24. The highest BCUT2D eigenvalue weighted by Gasteiger charge is 2.50. The summed E-state index contributed by atoms with van der Waals surface area (Å²) in [5.41, 5.74) is -0.410. The summed E-state index contributed by atoms with van der Waals surface area (Å²) in [4.78, 5) is 0. The van der Waals surface area contributed by atoms with Gasteiger partial charge in [0.15, 0.2) is 64.3 Å². The van der Waals surface area contributed by atoms with Crippen LogP contribution >= 0.6 is 0 Å². The molecule has 11 atom stereocenters. The van der Waals surface area contributed by atoms with Crippen molar-refractivity contribution in [1.29, 1.82) is 0 Å². The Bertz CT molecular complexity index is 3860. The fraction of sp³-hybridized carbons (Fsp3) is 0.200. The maximum atomic E-state index is 13.5. The van der Waals surface area contributed by atoms with Crippen LogP contribution in [0.15, 0.2) is 121 Å². The second-order valence-electron chi connectivity index (χ2n) is 20.5. The zero-order valence-electron chi connectivity index (χ0n) is 41.8. The molecule has 4 aliphatic rings. The number of phenols is 13. The van der Waals surface area contributed by atoms with Gasteiger partial charge in [0.2, 0.25) is 0 Å². The number of aliphatic hydroxyl groups excluding tert-OH is 4. The molecule has 0 amide bonds. The summed E-state index contributed by atoms with van der Waals surface area (Å²) < 4.78 is 25.6. The number of ether oxygens (including phenoxy) is 4. The molecule has 4 aliphatic heterocycles. The molecule has 4 heterocycles. The highest BCUT2D eigenvalue weighted by Crippen LogP contribution is 2.62. The molecular weight excluding hydrogens is 1060 g/mol. The predicted molar refractivity (Wildman–Crippen MR) is 280 cm³/mol. The number of phenolic OH excluding ortho intramolecular Hbond substituents is 13. The molecule has 81 heavy (non-hydrogen) atoms. The highest BCUT2D eigenvalue weighted by atomic mass is 16.5. The highest BCUT2D eigenvalue weighted by molar-refractivity contribution is 5.71. The van der Waals surface area contributed by atoms with Gasteiger partial charge < -0.3 is 106 Å². The van der Waals surface area contributed by atoms with E-state index in [0.29, 0.717) is 0 Å². The average molecular weight is 1110 g/mol. The molecule has 0 saturated carbocycles. The van der Waals surface area contributed by atoms with Crippen LogP contribution in [0.2, 0.25) is 0 Å². The van der Waals surface area contributed by atoms with E-state index < -0.39 is 142 Å². The van der Waals surface area contributed by atoms with Gasteiger partial charge in [0.05, 0.1) is 6.10 Å². The number of hydrogen-bond donors (Lipinski definition) is 17. The predicted octanol–water partition coefficient (Wildman–Crippen LogP) is 6.78. The number of fused-ring (bicyclic) bond motifs is 4. The van der Waals surface area contributed by atoms with Gasteiger partial charge in [0.1, 0.15) is 76.2 Å². The minimum atomic E-state index is -1.95. The van der Waals surface area contributed by atoms with E-state index in [2.05, 4.69) is 0 Å². The lowest BCUT2D eigenvalue weighted by Crippen LogP contribution is -2.38. The Morgan fingerprint density at radius 2 is 0.704 bits per heavy atom. The fourth-order valence-electron chi connectivity index (χ4n) is 11.8. The molecule has 0 saturated heterocycles. The molecule has 0 radical (unpaired) electrons. The monoisotopic (exact) mass is 1110 g/mol. The lowest BCUT2D eigenvalue weighted by molar-refractivity contribution is 0.000177. The largest absolute Gasteiger partial charge is 0.508 e.